The third-order valence-corrected chi connectivity index (χ3v) is 3.16. The standard InChI is InChI=1S/C12H14N4S/c1-9(13)7-10-3-2-5-15-12(10)17-11-4-6-14-8-16-11/h2-6,8-9H,7,13H2,1H3. The van der Waals surface area contributed by atoms with E-state index in [1.165, 1.54) is 18.1 Å². The first kappa shape index (κ1) is 12.0. The molecule has 2 rings (SSSR count). The zero-order chi connectivity index (χ0) is 12.1. The van der Waals surface area contributed by atoms with Crippen molar-refractivity contribution in [2.24, 2.45) is 5.73 Å². The highest BCUT2D eigenvalue weighted by Gasteiger charge is 2.07. The molecule has 0 aliphatic heterocycles. The molecule has 2 aromatic heterocycles. The first-order chi connectivity index (χ1) is 8.25. The quantitative estimate of drug-likeness (QED) is 0.835. The van der Waals surface area contributed by atoms with Gasteiger partial charge in [-0.3, -0.25) is 0 Å². The molecule has 0 bridgehead atoms. The van der Waals surface area contributed by atoms with Crippen LogP contribution in [0.4, 0.5) is 0 Å². The van der Waals surface area contributed by atoms with Crippen LogP contribution in [0.1, 0.15) is 12.5 Å². The van der Waals surface area contributed by atoms with Crippen LogP contribution in [0.5, 0.6) is 0 Å². The van der Waals surface area contributed by atoms with Crippen LogP contribution in [0.3, 0.4) is 0 Å². The van der Waals surface area contributed by atoms with Gasteiger partial charge in [-0.2, -0.15) is 0 Å². The van der Waals surface area contributed by atoms with E-state index in [2.05, 4.69) is 21.0 Å². The molecule has 2 N–H and O–H groups in total. The Morgan fingerprint density at radius 3 is 2.88 bits per heavy atom. The molecule has 0 amide bonds. The van der Waals surface area contributed by atoms with Crippen LogP contribution < -0.4 is 5.73 Å². The molecule has 0 saturated heterocycles. The molecule has 5 heteroatoms. The minimum atomic E-state index is 0.129. The van der Waals surface area contributed by atoms with Gasteiger partial charge in [0.25, 0.3) is 0 Å². The summed E-state index contributed by atoms with van der Waals surface area (Å²) in [4.78, 5) is 12.4. The van der Waals surface area contributed by atoms with Gasteiger partial charge in [-0.15, -0.1) is 0 Å². The molecule has 0 aliphatic rings. The van der Waals surface area contributed by atoms with Crippen molar-refractivity contribution in [2.75, 3.05) is 0 Å². The zero-order valence-corrected chi connectivity index (χ0v) is 10.4. The summed E-state index contributed by atoms with van der Waals surface area (Å²) in [5.74, 6) is 0. The van der Waals surface area contributed by atoms with E-state index in [-0.39, 0.29) is 6.04 Å². The Morgan fingerprint density at radius 1 is 1.29 bits per heavy atom. The fourth-order valence-electron chi connectivity index (χ4n) is 1.46. The van der Waals surface area contributed by atoms with Crippen LogP contribution >= 0.6 is 11.8 Å². The first-order valence-corrected chi connectivity index (χ1v) is 6.20. The molecule has 0 aromatic carbocycles. The lowest BCUT2D eigenvalue weighted by molar-refractivity contribution is 0.722. The molecule has 0 saturated carbocycles. The van der Waals surface area contributed by atoms with Crippen molar-refractivity contribution in [3.63, 3.8) is 0 Å². The van der Waals surface area contributed by atoms with E-state index in [9.17, 15) is 0 Å². The van der Waals surface area contributed by atoms with E-state index in [1.54, 1.807) is 12.4 Å². The van der Waals surface area contributed by atoms with Gasteiger partial charge < -0.3 is 5.73 Å². The minimum absolute atomic E-state index is 0.129. The smallest absolute Gasteiger partial charge is 0.116 e. The van der Waals surface area contributed by atoms with Crippen LogP contribution in [0.25, 0.3) is 0 Å². The van der Waals surface area contributed by atoms with Gasteiger partial charge in [-0.1, -0.05) is 6.07 Å². The highest BCUT2D eigenvalue weighted by Crippen LogP contribution is 2.26. The van der Waals surface area contributed by atoms with Crippen LogP contribution in [-0.2, 0) is 6.42 Å². The Balaban J connectivity index is 2.20. The van der Waals surface area contributed by atoms with E-state index in [1.807, 2.05) is 19.1 Å². The van der Waals surface area contributed by atoms with Crippen molar-refractivity contribution in [3.8, 4) is 0 Å². The predicted octanol–water partition coefficient (Wildman–Crippen LogP) is 1.91. The van der Waals surface area contributed by atoms with Gasteiger partial charge in [0.05, 0.1) is 0 Å². The summed E-state index contributed by atoms with van der Waals surface area (Å²) in [6.45, 7) is 1.99. The van der Waals surface area contributed by atoms with E-state index in [0.29, 0.717) is 0 Å². The van der Waals surface area contributed by atoms with Gasteiger partial charge in [0.2, 0.25) is 0 Å². The molecule has 0 fully saturated rings. The topological polar surface area (TPSA) is 64.7 Å². The van der Waals surface area contributed by atoms with Crippen LogP contribution in [-0.4, -0.2) is 21.0 Å². The minimum Gasteiger partial charge on any atom is -0.328 e. The maximum Gasteiger partial charge on any atom is 0.116 e. The molecule has 0 aliphatic carbocycles. The van der Waals surface area contributed by atoms with E-state index >= 15 is 0 Å². The second-order valence-electron chi connectivity index (χ2n) is 3.80. The van der Waals surface area contributed by atoms with E-state index in [0.717, 1.165) is 22.0 Å². The van der Waals surface area contributed by atoms with Gasteiger partial charge in [0.15, 0.2) is 0 Å². The van der Waals surface area contributed by atoms with Gasteiger partial charge in [-0.05, 0) is 42.8 Å². The number of nitrogens with two attached hydrogens (primary N) is 1. The maximum atomic E-state index is 5.82. The normalized spacial score (nSPS) is 12.4. The molecule has 17 heavy (non-hydrogen) atoms. The molecular weight excluding hydrogens is 232 g/mol. The summed E-state index contributed by atoms with van der Waals surface area (Å²) >= 11 is 1.54. The Hall–Kier alpha value is -1.46. The SMILES string of the molecule is CC(N)Cc1cccnc1Sc1ccncn1. The Morgan fingerprint density at radius 2 is 2.18 bits per heavy atom. The average Bonchev–Trinajstić information content (AvgIpc) is 2.32. The lowest BCUT2D eigenvalue weighted by Gasteiger charge is -2.09. The molecule has 1 unspecified atom stereocenters. The number of hydrogen-bond acceptors (Lipinski definition) is 5. The lowest BCUT2D eigenvalue weighted by Crippen LogP contribution is -2.18. The summed E-state index contributed by atoms with van der Waals surface area (Å²) in [5.41, 5.74) is 6.98. The zero-order valence-electron chi connectivity index (χ0n) is 9.58. The molecule has 0 radical (unpaired) electrons. The first-order valence-electron chi connectivity index (χ1n) is 5.39. The van der Waals surface area contributed by atoms with Crippen molar-refractivity contribution >= 4 is 11.8 Å². The highest BCUT2D eigenvalue weighted by molar-refractivity contribution is 7.99. The largest absolute Gasteiger partial charge is 0.328 e. The van der Waals surface area contributed by atoms with Crippen molar-refractivity contribution < 1.29 is 0 Å². The van der Waals surface area contributed by atoms with Crippen molar-refractivity contribution in [1.29, 1.82) is 0 Å². The van der Waals surface area contributed by atoms with Gasteiger partial charge >= 0.3 is 0 Å². The summed E-state index contributed by atoms with van der Waals surface area (Å²) in [7, 11) is 0. The lowest BCUT2D eigenvalue weighted by atomic mass is 10.1. The van der Waals surface area contributed by atoms with E-state index in [4.69, 9.17) is 5.73 Å². The Kier molecular flexibility index (Phi) is 4.06. The maximum absolute atomic E-state index is 5.82. The van der Waals surface area contributed by atoms with Crippen LogP contribution in [0.2, 0.25) is 0 Å². The molecule has 4 nitrogen and oxygen atoms in total. The summed E-state index contributed by atoms with van der Waals surface area (Å²) < 4.78 is 0. The third-order valence-electron chi connectivity index (χ3n) is 2.15. The van der Waals surface area contributed by atoms with Crippen molar-refractivity contribution in [1.82, 2.24) is 15.0 Å². The third kappa shape index (κ3) is 3.51. The Labute approximate surface area is 105 Å². The van der Waals surface area contributed by atoms with Gasteiger partial charge in [0, 0.05) is 18.4 Å². The van der Waals surface area contributed by atoms with Gasteiger partial charge in [0.1, 0.15) is 16.4 Å². The van der Waals surface area contributed by atoms with Crippen molar-refractivity contribution in [3.05, 3.63) is 42.5 Å². The molecular formula is C12H14N4S. The number of pyridine rings is 1. The second-order valence-corrected chi connectivity index (χ2v) is 4.81. The Bertz CT molecular complexity index is 473. The number of aromatic nitrogens is 3. The number of hydrogen-bond donors (Lipinski definition) is 1. The molecule has 0 spiro atoms. The molecule has 1 atom stereocenters. The van der Waals surface area contributed by atoms with E-state index < -0.39 is 0 Å². The number of rotatable bonds is 4. The fraction of sp³-hybridized carbons (Fsp3) is 0.250. The second kappa shape index (κ2) is 5.75. The van der Waals surface area contributed by atoms with Crippen LogP contribution in [0.15, 0.2) is 47.0 Å². The number of nitrogens with zero attached hydrogens (tertiary/aromatic N) is 3. The van der Waals surface area contributed by atoms with Crippen molar-refractivity contribution in [2.45, 2.75) is 29.4 Å². The highest BCUT2D eigenvalue weighted by atomic mass is 32.2. The monoisotopic (exact) mass is 246 g/mol. The van der Waals surface area contributed by atoms with Crippen LogP contribution in [0, 0.1) is 0 Å². The molecule has 88 valence electrons. The molecule has 2 heterocycles. The summed E-state index contributed by atoms with van der Waals surface area (Å²) in [6, 6.07) is 5.99. The summed E-state index contributed by atoms with van der Waals surface area (Å²) in [6.07, 6.45) is 5.87. The fourth-order valence-corrected chi connectivity index (χ4v) is 2.28. The van der Waals surface area contributed by atoms with Gasteiger partial charge in [-0.25, -0.2) is 15.0 Å². The molecule has 2 aromatic rings. The average molecular weight is 246 g/mol. The predicted molar refractivity (Wildman–Crippen MR) is 67.7 cm³/mol. The summed E-state index contributed by atoms with van der Waals surface area (Å²) in [5, 5.41) is 1.85.